The van der Waals surface area contributed by atoms with Gasteiger partial charge in [0, 0.05) is 19.1 Å². The summed E-state index contributed by atoms with van der Waals surface area (Å²) in [6, 6.07) is 0.289. The van der Waals surface area contributed by atoms with Gasteiger partial charge >= 0.3 is 0 Å². The number of nitrogens with zero attached hydrogens (tertiary/aromatic N) is 2. The van der Waals surface area contributed by atoms with E-state index < -0.39 is 0 Å². The summed E-state index contributed by atoms with van der Waals surface area (Å²) in [4.78, 5) is 19.7. The van der Waals surface area contributed by atoms with Gasteiger partial charge in [0.25, 0.3) is 5.91 Å². The largest absolute Gasteiger partial charge is 0.382 e. The minimum atomic E-state index is -0.0491. The molecule has 0 aromatic carbocycles. The van der Waals surface area contributed by atoms with Crippen molar-refractivity contribution in [3.63, 3.8) is 0 Å². The molecule has 6 heteroatoms. The SMILES string of the molecule is CC1CCCC1NC(=O)c1sc(N2CCCCC2)nc1N. The second kappa shape index (κ2) is 6.22. The van der Waals surface area contributed by atoms with Crippen molar-refractivity contribution in [1.82, 2.24) is 10.3 Å². The summed E-state index contributed by atoms with van der Waals surface area (Å²) in [5, 5.41) is 4.03. The average molecular weight is 308 g/mol. The van der Waals surface area contributed by atoms with E-state index in [1.807, 2.05) is 0 Å². The lowest BCUT2D eigenvalue weighted by Crippen LogP contribution is -2.36. The molecule has 2 unspecified atom stereocenters. The number of amides is 1. The first-order valence-corrected chi connectivity index (χ1v) is 8.79. The molecule has 2 fully saturated rings. The van der Waals surface area contributed by atoms with Crippen molar-refractivity contribution >= 4 is 28.2 Å². The van der Waals surface area contributed by atoms with Gasteiger partial charge in [-0.15, -0.1) is 0 Å². The average Bonchev–Trinajstić information content (AvgIpc) is 3.06. The van der Waals surface area contributed by atoms with Crippen molar-refractivity contribution in [1.29, 1.82) is 0 Å². The normalized spacial score (nSPS) is 26.0. The topological polar surface area (TPSA) is 71.2 Å². The van der Waals surface area contributed by atoms with Gasteiger partial charge in [-0.3, -0.25) is 4.79 Å². The first-order valence-electron chi connectivity index (χ1n) is 7.97. The van der Waals surface area contributed by atoms with Crippen LogP contribution in [0.25, 0.3) is 0 Å². The van der Waals surface area contributed by atoms with E-state index in [0.717, 1.165) is 24.6 Å². The number of anilines is 2. The molecule has 1 aliphatic heterocycles. The van der Waals surface area contributed by atoms with Crippen LogP contribution >= 0.6 is 11.3 Å². The van der Waals surface area contributed by atoms with Crippen LogP contribution in [0.1, 0.15) is 55.1 Å². The number of hydrogen-bond acceptors (Lipinski definition) is 5. The zero-order valence-electron chi connectivity index (χ0n) is 12.6. The predicted octanol–water partition coefficient (Wildman–Crippen LogP) is 2.63. The minimum absolute atomic E-state index is 0.0491. The van der Waals surface area contributed by atoms with Crippen LogP contribution in [0.2, 0.25) is 0 Å². The zero-order chi connectivity index (χ0) is 14.8. The van der Waals surface area contributed by atoms with E-state index >= 15 is 0 Å². The third kappa shape index (κ3) is 3.15. The summed E-state index contributed by atoms with van der Waals surface area (Å²) in [5.41, 5.74) is 5.97. The molecule has 3 N–H and O–H groups in total. The number of nitrogens with two attached hydrogens (primary N) is 1. The molecule has 0 spiro atoms. The summed E-state index contributed by atoms with van der Waals surface area (Å²) < 4.78 is 0. The highest BCUT2D eigenvalue weighted by molar-refractivity contribution is 7.18. The number of carbonyl (C=O) groups excluding carboxylic acids is 1. The van der Waals surface area contributed by atoms with Gasteiger partial charge in [-0.2, -0.15) is 0 Å². The molecule has 2 heterocycles. The van der Waals surface area contributed by atoms with Crippen molar-refractivity contribution in [3.8, 4) is 0 Å². The van der Waals surface area contributed by atoms with Crippen molar-refractivity contribution in [2.45, 2.75) is 51.5 Å². The number of rotatable bonds is 3. The Labute approximate surface area is 129 Å². The first-order chi connectivity index (χ1) is 10.1. The third-order valence-corrected chi connectivity index (χ3v) is 5.78. The molecule has 1 aromatic heterocycles. The summed E-state index contributed by atoms with van der Waals surface area (Å²) in [5.74, 6) is 0.889. The standard InChI is InChI=1S/C15H24N4OS/c1-10-6-5-7-11(10)17-14(20)12-13(16)18-15(21-12)19-8-3-2-4-9-19/h10-11H,2-9,16H2,1H3,(H,17,20). The summed E-state index contributed by atoms with van der Waals surface area (Å²) in [6.07, 6.45) is 7.14. The molecule has 1 saturated carbocycles. The lowest BCUT2D eigenvalue weighted by molar-refractivity contribution is 0.0934. The Morgan fingerprint density at radius 3 is 2.71 bits per heavy atom. The Morgan fingerprint density at radius 2 is 2.05 bits per heavy atom. The lowest BCUT2D eigenvalue weighted by atomic mass is 10.1. The molecule has 2 atom stereocenters. The molecule has 1 saturated heterocycles. The Hall–Kier alpha value is -1.30. The Kier molecular flexibility index (Phi) is 4.33. The van der Waals surface area contributed by atoms with Crippen LogP contribution in [0.4, 0.5) is 10.9 Å². The van der Waals surface area contributed by atoms with E-state index in [0.29, 0.717) is 16.6 Å². The fraction of sp³-hybridized carbons (Fsp3) is 0.733. The highest BCUT2D eigenvalue weighted by Gasteiger charge is 2.27. The highest BCUT2D eigenvalue weighted by Crippen LogP contribution is 2.31. The molecule has 2 aliphatic rings. The number of nitrogens with one attached hydrogen (secondary N) is 1. The van der Waals surface area contributed by atoms with E-state index in [2.05, 4.69) is 22.1 Å². The fourth-order valence-electron chi connectivity index (χ4n) is 3.30. The lowest BCUT2D eigenvalue weighted by Gasteiger charge is -2.25. The highest BCUT2D eigenvalue weighted by atomic mass is 32.1. The van der Waals surface area contributed by atoms with Crippen LogP contribution in [0, 0.1) is 5.92 Å². The Balaban J connectivity index is 1.69. The predicted molar refractivity (Wildman–Crippen MR) is 86.9 cm³/mol. The smallest absolute Gasteiger partial charge is 0.265 e. The third-order valence-electron chi connectivity index (χ3n) is 4.65. The van der Waals surface area contributed by atoms with Gasteiger partial charge in [0.05, 0.1) is 0 Å². The molecular formula is C15H24N4OS. The van der Waals surface area contributed by atoms with E-state index in [-0.39, 0.29) is 11.9 Å². The summed E-state index contributed by atoms with van der Waals surface area (Å²) in [6.45, 7) is 4.24. The molecule has 116 valence electrons. The van der Waals surface area contributed by atoms with Crippen LogP contribution in [0.3, 0.4) is 0 Å². The Morgan fingerprint density at radius 1 is 1.29 bits per heavy atom. The van der Waals surface area contributed by atoms with Crippen LogP contribution in [0.15, 0.2) is 0 Å². The van der Waals surface area contributed by atoms with Gasteiger partial charge in [-0.05, 0) is 38.0 Å². The van der Waals surface area contributed by atoms with Crippen LogP contribution < -0.4 is 16.0 Å². The Bertz CT molecular complexity index is 510. The van der Waals surface area contributed by atoms with Gasteiger partial charge in [0.1, 0.15) is 10.7 Å². The van der Waals surface area contributed by atoms with Crippen LogP contribution in [0.5, 0.6) is 0 Å². The number of hydrogen-bond donors (Lipinski definition) is 2. The second-order valence-corrected chi connectivity index (χ2v) is 7.22. The summed E-state index contributed by atoms with van der Waals surface area (Å²) >= 11 is 1.44. The number of nitrogen functional groups attached to an aromatic ring is 1. The van der Waals surface area contributed by atoms with Crippen molar-refractivity contribution in [2.24, 2.45) is 5.92 Å². The van der Waals surface area contributed by atoms with Crippen LogP contribution in [-0.2, 0) is 0 Å². The molecule has 3 rings (SSSR count). The van der Waals surface area contributed by atoms with E-state index in [1.54, 1.807) is 0 Å². The molecule has 1 aromatic rings. The summed E-state index contributed by atoms with van der Waals surface area (Å²) in [7, 11) is 0. The number of thiazole rings is 1. The maximum atomic E-state index is 12.4. The van der Waals surface area contributed by atoms with Gasteiger partial charge < -0.3 is 16.0 Å². The van der Waals surface area contributed by atoms with E-state index in [1.165, 1.54) is 43.4 Å². The molecule has 21 heavy (non-hydrogen) atoms. The number of aromatic nitrogens is 1. The number of carbonyl (C=O) groups is 1. The molecule has 0 radical (unpaired) electrons. The van der Waals surface area contributed by atoms with Gasteiger partial charge in [-0.1, -0.05) is 24.7 Å². The molecular weight excluding hydrogens is 284 g/mol. The molecule has 0 bridgehead atoms. The second-order valence-electron chi connectivity index (χ2n) is 6.25. The maximum absolute atomic E-state index is 12.4. The van der Waals surface area contributed by atoms with E-state index in [4.69, 9.17) is 5.73 Å². The van der Waals surface area contributed by atoms with Crippen molar-refractivity contribution < 1.29 is 4.79 Å². The van der Waals surface area contributed by atoms with Gasteiger partial charge in [0.15, 0.2) is 5.13 Å². The quantitative estimate of drug-likeness (QED) is 0.900. The fourth-order valence-corrected chi connectivity index (χ4v) is 4.24. The van der Waals surface area contributed by atoms with Gasteiger partial charge in [-0.25, -0.2) is 4.98 Å². The zero-order valence-corrected chi connectivity index (χ0v) is 13.4. The van der Waals surface area contributed by atoms with Crippen LogP contribution in [-0.4, -0.2) is 30.0 Å². The monoisotopic (exact) mass is 308 g/mol. The van der Waals surface area contributed by atoms with Crippen molar-refractivity contribution in [3.05, 3.63) is 4.88 Å². The van der Waals surface area contributed by atoms with Gasteiger partial charge in [0.2, 0.25) is 0 Å². The minimum Gasteiger partial charge on any atom is -0.382 e. The number of piperidine rings is 1. The molecule has 5 nitrogen and oxygen atoms in total. The maximum Gasteiger partial charge on any atom is 0.265 e. The first kappa shape index (κ1) is 14.6. The van der Waals surface area contributed by atoms with E-state index in [9.17, 15) is 4.79 Å². The van der Waals surface area contributed by atoms with Crippen molar-refractivity contribution in [2.75, 3.05) is 23.7 Å². The molecule has 1 amide bonds. The molecule has 1 aliphatic carbocycles.